The zero-order valence-electron chi connectivity index (χ0n) is 9.32. The van der Waals surface area contributed by atoms with Crippen LogP contribution in [0.25, 0.3) is 0 Å². The zero-order chi connectivity index (χ0) is 11.5. The Balaban J connectivity index is 2.20. The summed E-state index contributed by atoms with van der Waals surface area (Å²) in [6.45, 7) is 2.72. The van der Waals surface area contributed by atoms with E-state index in [9.17, 15) is 4.79 Å². The lowest BCUT2D eigenvalue weighted by Crippen LogP contribution is -2.28. The summed E-state index contributed by atoms with van der Waals surface area (Å²) in [5, 5.41) is 3.17. The maximum atomic E-state index is 11.4. The molecular weight excluding hydrogens is 210 g/mol. The summed E-state index contributed by atoms with van der Waals surface area (Å²) in [5.41, 5.74) is -0.286. The molecule has 1 aromatic rings. The van der Waals surface area contributed by atoms with Crippen LogP contribution in [0.4, 0.5) is 5.82 Å². The Bertz CT molecular complexity index is 418. The van der Waals surface area contributed by atoms with E-state index in [0.29, 0.717) is 5.82 Å². The van der Waals surface area contributed by atoms with E-state index in [1.165, 1.54) is 13.4 Å². The van der Waals surface area contributed by atoms with Gasteiger partial charge in [0.05, 0.1) is 25.6 Å². The van der Waals surface area contributed by atoms with Crippen LogP contribution in [0.3, 0.4) is 0 Å². The first kappa shape index (κ1) is 10.9. The van der Waals surface area contributed by atoms with Gasteiger partial charge in [-0.25, -0.2) is 4.98 Å². The summed E-state index contributed by atoms with van der Waals surface area (Å²) in [6, 6.07) is 0.170. The fourth-order valence-corrected chi connectivity index (χ4v) is 1.78. The number of hydrogen-bond donors (Lipinski definition) is 2. The second-order valence-electron chi connectivity index (χ2n) is 3.73. The molecule has 1 aromatic heterocycles. The van der Waals surface area contributed by atoms with Gasteiger partial charge in [-0.3, -0.25) is 4.79 Å². The molecule has 2 unspecified atom stereocenters. The first-order chi connectivity index (χ1) is 7.72. The van der Waals surface area contributed by atoms with E-state index in [1.807, 2.05) is 6.92 Å². The molecule has 2 atom stereocenters. The largest absolute Gasteiger partial charge is 0.489 e. The number of aromatic nitrogens is 2. The van der Waals surface area contributed by atoms with Crippen molar-refractivity contribution in [3.63, 3.8) is 0 Å². The van der Waals surface area contributed by atoms with Gasteiger partial charge in [-0.05, 0) is 13.3 Å². The first-order valence-electron chi connectivity index (χ1n) is 5.22. The van der Waals surface area contributed by atoms with Crippen LogP contribution in [0, 0.1) is 0 Å². The third-order valence-corrected chi connectivity index (χ3v) is 2.71. The van der Waals surface area contributed by atoms with Crippen molar-refractivity contribution in [2.75, 3.05) is 19.0 Å². The molecular formula is C10H15N3O3. The lowest BCUT2D eigenvalue weighted by molar-refractivity contribution is 0.121. The molecule has 6 nitrogen and oxygen atoms in total. The highest BCUT2D eigenvalue weighted by atomic mass is 16.5. The van der Waals surface area contributed by atoms with Crippen molar-refractivity contribution in [3.05, 3.63) is 16.7 Å². The number of methoxy groups -OCH3 is 1. The summed E-state index contributed by atoms with van der Waals surface area (Å²) in [7, 11) is 1.45. The fraction of sp³-hybridized carbons (Fsp3) is 0.600. The third-order valence-electron chi connectivity index (χ3n) is 2.71. The van der Waals surface area contributed by atoms with Gasteiger partial charge >= 0.3 is 0 Å². The predicted molar refractivity (Wildman–Crippen MR) is 58.9 cm³/mol. The molecule has 6 heteroatoms. The quantitative estimate of drug-likeness (QED) is 0.777. The average Bonchev–Trinajstić information content (AvgIpc) is 2.65. The molecule has 0 aromatic carbocycles. The van der Waals surface area contributed by atoms with Crippen LogP contribution in [0.5, 0.6) is 5.75 Å². The molecule has 1 saturated heterocycles. The second-order valence-corrected chi connectivity index (χ2v) is 3.73. The maximum Gasteiger partial charge on any atom is 0.295 e. The Morgan fingerprint density at radius 3 is 3.12 bits per heavy atom. The number of ether oxygens (including phenoxy) is 2. The van der Waals surface area contributed by atoms with Crippen molar-refractivity contribution in [3.8, 4) is 5.75 Å². The highest BCUT2D eigenvalue weighted by molar-refractivity contribution is 5.48. The van der Waals surface area contributed by atoms with E-state index in [1.54, 1.807) is 0 Å². The summed E-state index contributed by atoms with van der Waals surface area (Å²) in [4.78, 5) is 18.0. The van der Waals surface area contributed by atoms with Gasteiger partial charge in [0.15, 0.2) is 5.82 Å². The van der Waals surface area contributed by atoms with E-state index in [4.69, 9.17) is 9.47 Å². The van der Waals surface area contributed by atoms with Crippen LogP contribution in [0.15, 0.2) is 11.1 Å². The van der Waals surface area contributed by atoms with Crippen LogP contribution in [0.1, 0.15) is 13.3 Å². The van der Waals surface area contributed by atoms with E-state index < -0.39 is 0 Å². The third kappa shape index (κ3) is 2.01. The minimum Gasteiger partial charge on any atom is -0.489 e. The van der Waals surface area contributed by atoms with Gasteiger partial charge in [0, 0.05) is 6.61 Å². The van der Waals surface area contributed by atoms with E-state index in [2.05, 4.69) is 15.3 Å². The Morgan fingerprint density at radius 1 is 1.69 bits per heavy atom. The molecule has 0 amide bonds. The Labute approximate surface area is 93.0 Å². The minimum atomic E-state index is -0.286. The number of H-pyrrole nitrogens is 1. The van der Waals surface area contributed by atoms with Crippen molar-refractivity contribution in [1.29, 1.82) is 0 Å². The van der Waals surface area contributed by atoms with Crippen molar-refractivity contribution >= 4 is 5.82 Å². The number of aromatic amines is 1. The van der Waals surface area contributed by atoms with Gasteiger partial charge in [0.1, 0.15) is 0 Å². The lowest BCUT2D eigenvalue weighted by atomic mass is 10.1. The summed E-state index contributed by atoms with van der Waals surface area (Å²) < 4.78 is 10.4. The molecule has 1 aliphatic rings. The number of nitrogens with zero attached hydrogens (tertiary/aromatic N) is 1. The normalized spacial score (nSPS) is 24.4. The average molecular weight is 225 g/mol. The molecule has 2 heterocycles. The van der Waals surface area contributed by atoms with Gasteiger partial charge in [-0.15, -0.1) is 0 Å². The number of anilines is 1. The van der Waals surface area contributed by atoms with Crippen LogP contribution >= 0.6 is 0 Å². The highest BCUT2D eigenvalue weighted by Gasteiger charge is 2.25. The number of hydrogen-bond acceptors (Lipinski definition) is 5. The molecule has 16 heavy (non-hydrogen) atoms. The van der Waals surface area contributed by atoms with Crippen LogP contribution in [-0.4, -0.2) is 35.8 Å². The molecule has 2 rings (SSSR count). The second kappa shape index (κ2) is 4.52. The minimum absolute atomic E-state index is 0.116. The van der Waals surface area contributed by atoms with Gasteiger partial charge in [0.2, 0.25) is 5.75 Å². The Morgan fingerprint density at radius 2 is 2.50 bits per heavy atom. The smallest absolute Gasteiger partial charge is 0.295 e. The molecule has 0 spiro atoms. The Kier molecular flexibility index (Phi) is 3.09. The molecule has 2 N–H and O–H groups in total. The first-order valence-corrected chi connectivity index (χ1v) is 5.22. The van der Waals surface area contributed by atoms with Crippen molar-refractivity contribution in [2.24, 2.45) is 0 Å². The van der Waals surface area contributed by atoms with Gasteiger partial charge in [-0.2, -0.15) is 0 Å². The van der Waals surface area contributed by atoms with Gasteiger partial charge in [-0.1, -0.05) is 0 Å². The molecule has 0 aliphatic carbocycles. The number of nitrogens with one attached hydrogen (secondary N) is 2. The SMILES string of the molecule is COc1c(NC2CCOC2C)nc[nH]c1=O. The molecule has 1 aliphatic heterocycles. The van der Waals surface area contributed by atoms with Gasteiger partial charge < -0.3 is 19.8 Å². The molecule has 88 valence electrons. The van der Waals surface area contributed by atoms with E-state index >= 15 is 0 Å². The topological polar surface area (TPSA) is 76.2 Å². The summed E-state index contributed by atoms with van der Waals surface area (Å²) in [6.07, 6.45) is 2.37. The van der Waals surface area contributed by atoms with Crippen LogP contribution < -0.4 is 15.6 Å². The summed E-state index contributed by atoms with van der Waals surface area (Å²) in [5.74, 6) is 0.676. The molecule has 0 radical (unpaired) electrons. The van der Waals surface area contributed by atoms with Crippen LogP contribution in [-0.2, 0) is 4.74 Å². The van der Waals surface area contributed by atoms with E-state index in [0.717, 1.165) is 13.0 Å². The lowest BCUT2D eigenvalue weighted by Gasteiger charge is -2.17. The van der Waals surface area contributed by atoms with Crippen LogP contribution in [0.2, 0.25) is 0 Å². The van der Waals surface area contributed by atoms with Gasteiger partial charge in [0.25, 0.3) is 5.56 Å². The zero-order valence-corrected chi connectivity index (χ0v) is 9.32. The molecule has 0 saturated carbocycles. The highest BCUT2D eigenvalue weighted by Crippen LogP contribution is 2.21. The monoisotopic (exact) mass is 225 g/mol. The number of rotatable bonds is 3. The maximum absolute atomic E-state index is 11.4. The molecule has 0 bridgehead atoms. The van der Waals surface area contributed by atoms with Crippen molar-refractivity contribution < 1.29 is 9.47 Å². The predicted octanol–water partition coefficient (Wildman–Crippen LogP) is 0.368. The molecule has 1 fully saturated rings. The summed E-state index contributed by atoms with van der Waals surface area (Å²) >= 11 is 0. The Hall–Kier alpha value is -1.56. The standard InChI is InChI=1S/C10H15N3O3/c1-6-7(3-4-16-6)13-9-8(15-2)10(14)12-5-11-9/h5-7H,3-4H2,1-2H3,(H2,11,12,13,14). The van der Waals surface area contributed by atoms with Crippen molar-refractivity contribution in [1.82, 2.24) is 9.97 Å². The fourth-order valence-electron chi connectivity index (χ4n) is 1.78. The van der Waals surface area contributed by atoms with Crippen molar-refractivity contribution in [2.45, 2.75) is 25.5 Å². The van der Waals surface area contributed by atoms with E-state index in [-0.39, 0.29) is 23.5 Å².